The van der Waals surface area contributed by atoms with Crippen LogP contribution in [0, 0.1) is 6.92 Å². The summed E-state index contributed by atoms with van der Waals surface area (Å²) in [6.07, 6.45) is 2.67. The summed E-state index contributed by atoms with van der Waals surface area (Å²) >= 11 is 1.72. The summed E-state index contributed by atoms with van der Waals surface area (Å²) < 4.78 is 0. The minimum Gasteiger partial charge on any atom is -0.294 e. The maximum atomic E-state index is 12.0. The Kier molecular flexibility index (Phi) is 5.07. The number of benzene rings is 1. The Morgan fingerprint density at radius 1 is 1.38 bits per heavy atom. The van der Waals surface area contributed by atoms with Crippen molar-refractivity contribution in [1.82, 2.24) is 0 Å². The van der Waals surface area contributed by atoms with Crippen LogP contribution in [0.4, 0.5) is 0 Å². The summed E-state index contributed by atoms with van der Waals surface area (Å²) in [5.74, 6) is 1.66. The zero-order chi connectivity index (χ0) is 12.1. The van der Waals surface area contributed by atoms with Crippen molar-refractivity contribution in [3.8, 4) is 0 Å². The third-order valence-electron chi connectivity index (χ3n) is 2.76. The largest absolute Gasteiger partial charge is 0.294 e. The third kappa shape index (κ3) is 3.38. The van der Waals surface area contributed by atoms with Gasteiger partial charge in [-0.05, 0) is 36.3 Å². The van der Waals surface area contributed by atoms with E-state index in [9.17, 15) is 4.79 Å². The molecule has 0 bridgehead atoms. The lowest BCUT2D eigenvalue weighted by molar-refractivity contribution is 0.0989. The van der Waals surface area contributed by atoms with Crippen LogP contribution in [0.5, 0.6) is 0 Å². The molecule has 0 atom stereocenters. The van der Waals surface area contributed by atoms with Gasteiger partial charge in [0.15, 0.2) is 5.78 Å². The van der Waals surface area contributed by atoms with E-state index in [4.69, 9.17) is 0 Å². The fraction of sp³-hybridized carbons (Fsp3) is 0.500. The van der Waals surface area contributed by atoms with Crippen molar-refractivity contribution in [1.29, 1.82) is 0 Å². The molecule has 0 saturated heterocycles. The molecular weight excluding hydrogens is 216 g/mol. The van der Waals surface area contributed by atoms with Gasteiger partial charge < -0.3 is 0 Å². The van der Waals surface area contributed by atoms with Crippen LogP contribution in [0.3, 0.4) is 0 Å². The first-order chi connectivity index (χ1) is 7.56. The lowest BCUT2D eigenvalue weighted by Crippen LogP contribution is -2.04. The molecule has 1 rings (SSSR count). The Morgan fingerprint density at radius 3 is 2.62 bits per heavy atom. The van der Waals surface area contributed by atoms with Crippen LogP contribution < -0.4 is 0 Å². The topological polar surface area (TPSA) is 17.1 Å². The van der Waals surface area contributed by atoms with Crippen LogP contribution in [-0.2, 0) is 0 Å². The summed E-state index contributed by atoms with van der Waals surface area (Å²) in [4.78, 5) is 12.0. The van der Waals surface area contributed by atoms with Gasteiger partial charge in [0.2, 0.25) is 0 Å². The van der Waals surface area contributed by atoms with E-state index in [1.165, 1.54) is 5.56 Å². The van der Waals surface area contributed by atoms with E-state index in [1.807, 2.05) is 13.2 Å². The van der Waals surface area contributed by atoms with Crippen molar-refractivity contribution in [3.05, 3.63) is 34.9 Å². The van der Waals surface area contributed by atoms with Crippen LogP contribution in [0.25, 0.3) is 0 Å². The zero-order valence-corrected chi connectivity index (χ0v) is 11.4. The molecule has 1 nitrogen and oxygen atoms in total. The Hall–Kier alpha value is -0.760. The van der Waals surface area contributed by atoms with Gasteiger partial charge in [-0.15, -0.1) is 0 Å². The zero-order valence-electron chi connectivity index (χ0n) is 10.5. The highest BCUT2D eigenvalue weighted by Gasteiger charge is 2.10. The van der Waals surface area contributed by atoms with Crippen molar-refractivity contribution in [2.45, 2.75) is 33.1 Å². The standard InChI is InChI=1S/C14H20OS/c1-10(2)12-6-5-11(3)13(9-12)14(15)7-8-16-4/h5-6,9-10H,7-8H2,1-4H3. The van der Waals surface area contributed by atoms with E-state index < -0.39 is 0 Å². The van der Waals surface area contributed by atoms with Gasteiger partial charge in [0.05, 0.1) is 0 Å². The molecule has 0 heterocycles. The number of hydrogen-bond donors (Lipinski definition) is 0. The van der Waals surface area contributed by atoms with Crippen molar-refractivity contribution in [2.75, 3.05) is 12.0 Å². The van der Waals surface area contributed by atoms with E-state index in [0.717, 1.165) is 16.9 Å². The molecule has 0 aromatic heterocycles. The molecule has 0 aliphatic heterocycles. The second-order valence-electron chi connectivity index (χ2n) is 4.40. The second kappa shape index (κ2) is 6.09. The van der Waals surface area contributed by atoms with E-state index in [0.29, 0.717) is 12.3 Å². The first kappa shape index (κ1) is 13.3. The number of thioether (sulfide) groups is 1. The predicted molar refractivity (Wildman–Crippen MR) is 72.6 cm³/mol. The fourth-order valence-electron chi connectivity index (χ4n) is 1.63. The van der Waals surface area contributed by atoms with Gasteiger partial charge in [-0.25, -0.2) is 0 Å². The molecule has 0 N–H and O–H groups in total. The van der Waals surface area contributed by atoms with Crippen molar-refractivity contribution in [2.24, 2.45) is 0 Å². The van der Waals surface area contributed by atoms with Gasteiger partial charge in [-0.3, -0.25) is 4.79 Å². The molecule has 0 aliphatic rings. The molecule has 1 aromatic rings. The molecule has 0 radical (unpaired) electrons. The smallest absolute Gasteiger partial charge is 0.163 e. The summed E-state index contributed by atoms with van der Waals surface area (Å²) in [7, 11) is 0. The van der Waals surface area contributed by atoms with Gasteiger partial charge in [-0.2, -0.15) is 11.8 Å². The average molecular weight is 236 g/mol. The van der Waals surface area contributed by atoms with Crippen LogP contribution in [-0.4, -0.2) is 17.8 Å². The Morgan fingerprint density at radius 2 is 2.06 bits per heavy atom. The molecule has 16 heavy (non-hydrogen) atoms. The molecule has 0 spiro atoms. The van der Waals surface area contributed by atoms with Gasteiger partial charge in [0, 0.05) is 17.7 Å². The summed E-state index contributed by atoms with van der Waals surface area (Å²) in [6, 6.07) is 6.23. The number of carbonyl (C=O) groups excluding carboxylic acids is 1. The first-order valence-corrected chi connectivity index (χ1v) is 7.08. The van der Waals surface area contributed by atoms with Crippen molar-refractivity contribution in [3.63, 3.8) is 0 Å². The van der Waals surface area contributed by atoms with E-state index >= 15 is 0 Å². The molecule has 0 saturated carbocycles. The molecule has 0 fully saturated rings. The van der Waals surface area contributed by atoms with E-state index in [1.54, 1.807) is 11.8 Å². The number of aryl methyl sites for hydroxylation is 1. The number of carbonyl (C=O) groups is 1. The molecule has 2 heteroatoms. The van der Waals surface area contributed by atoms with Crippen molar-refractivity contribution >= 4 is 17.5 Å². The molecule has 0 amide bonds. The van der Waals surface area contributed by atoms with Crippen LogP contribution in [0.2, 0.25) is 0 Å². The number of Topliss-reactive ketones (excluding diaryl/α,β-unsaturated/α-hetero) is 1. The summed E-state index contributed by atoms with van der Waals surface area (Å²) in [5.41, 5.74) is 3.24. The molecular formula is C14H20OS. The quantitative estimate of drug-likeness (QED) is 0.717. The van der Waals surface area contributed by atoms with Crippen LogP contribution in [0.1, 0.15) is 47.7 Å². The molecule has 0 aliphatic carbocycles. The number of rotatable bonds is 5. The van der Waals surface area contributed by atoms with Gasteiger partial charge in [0.25, 0.3) is 0 Å². The highest BCUT2D eigenvalue weighted by atomic mass is 32.2. The molecule has 0 unspecified atom stereocenters. The Balaban J connectivity index is 2.93. The summed E-state index contributed by atoms with van der Waals surface area (Å²) in [5, 5.41) is 0. The van der Waals surface area contributed by atoms with Gasteiger partial charge in [-0.1, -0.05) is 26.0 Å². The minimum atomic E-state index is 0.273. The Bertz CT molecular complexity index is 369. The first-order valence-electron chi connectivity index (χ1n) is 5.69. The monoisotopic (exact) mass is 236 g/mol. The van der Waals surface area contributed by atoms with Crippen LogP contribution in [0.15, 0.2) is 18.2 Å². The maximum absolute atomic E-state index is 12.0. The molecule has 88 valence electrons. The normalized spacial score (nSPS) is 10.8. The maximum Gasteiger partial charge on any atom is 0.163 e. The third-order valence-corrected chi connectivity index (χ3v) is 3.37. The lowest BCUT2D eigenvalue weighted by atomic mass is 9.95. The fourth-order valence-corrected chi connectivity index (χ4v) is 2.02. The molecule has 1 aromatic carbocycles. The highest BCUT2D eigenvalue weighted by molar-refractivity contribution is 7.98. The number of ketones is 1. The second-order valence-corrected chi connectivity index (χ2v) is 5.38. The minimum absolute atomic E-state index is 0.273. The summed E-state index contributed by atoms with van der Waals surface area (Å²) in [6.45, 7) is 6.32. The lowest BCUT2D eigenvalue weighted by Gasteiger charge is -2.10. The number of hydrogen-bond acceptors (Lipinski definition) is 2. The van der Waals surface area contributed by atoms with E-state index in [-0.39, 0.29) is 5.78 Å². The van der Waals surface area contributed by atoms with Crippen LogP contribution >= 0.6 is 11.8 Å². The van der Waals surface area contributed by atoms with Gasteiger partial charge in [0.1, 0.15) is 0 Å². The van der Waals surface area contributed by atoms with Gasteiger partial charge >= 0.3 is 0 Å². The Labute approximate surface area is 103 Å². The van der Waals surface area contributed by atoms with Crippen molar-refractivity contribution < 1.29 is 4.79 Å². The SMILES string of the molecule is CSCCC(=O)c1cc(C(C)C)ccc1C. The highest BCUT2D eigenvalue weighted by Crippen LogP contribution is 2.20. The average Bonchev–Trinajstić information content (AvgIpc) is 2.26. The van der Waals surface area contributed by atoms with E-state index in [2.05, 4.69) is 32.0 Å². The predicted octanol–water partition coefficient (Wildman–Crippen LogP) is 4.05.